The van der Waals surface area contributed by atoms with Crippen LogP contribution in [0.4, 0.5) is 0 Å². The van der Waals surface area contributed by atoms with Crippen molar-refractivity contribution in [2.45, 2.75) is 32.7 Å². The number of thiophene rings is 1. The molecule has 0 spiro atoms. The van der Waals surface area contributed by atoms with Gasteiger partial charge in [0.1, 0.15) is 5.82 Å². The Morgan fingerprint density at radius 2 is 2.41 bits per heavy atom. The fourth-order valence-corrected chi connectivity index (χ4v) is 3.20. The molecular formula is C13H17N3S. The van der Waals surface area contributed by atoms with Crippen LogP contribution in [0.1, 0.15) is 29.7 Å². The maximum atomic E-state index is 4.72. The minimum absolute atomic E-state index is 0.848. The van der Waals surface area contributed by atoms with E-state index in [1.54, 1.807) is 0 Å². The van der Waals surface area contributed by atoms with Crippen LogP contribution in [-0.2, 0) is 19.4 Å². The summed E-state index contributed by atoms with van der Waals surface area (Å²) in [4.78, 5) is 9.66. The largest absolute Gasteiger partial charge is 0.344 e. The lowest BCUT2D eigenvalue weighted by Crippen LogP contribution is -2.14. The van der Waals surface area contributed by atoms with Crippen LogP contribution in [0.25, 0.3) is 11.3 Å². The van der Waals surface area contributed by atoms with E-state index < -0.39 is 0 Å². The maximum Gasteiger partial charge on any atom is 0.121 e. The summed E-state index contributed by atoms with van der Waals surface area (Å²) >= 11 is 1.85. The number of aromatic nitrogens is 2. The van der Waals surface area contributed by atoms with E-state index in [0.29, 0.717) is 0 Å². The van der Waals surface area contributed by atoms with Crippen LogP contribution in [0.3, 0.4) is 0 Å². The van der Waals surface area contributed by atoms with Gasteiger partial charge in [0.2, 0.25) is 0 Å². The first-order chi connectivity index (χ1) is 8.38. The molecule has 0 bridgehead atoms. The molecule has 0 saturated carbocycles. The average molecular weight is 247 g/mol. The number of hydrogen-bond donors (Lipinski definition) is 2. The van der Waals surface area contributed by atoms with E-state index in [9.17, 15) is 0 Å². The molecule has 0 aliphatic heterocycles. The van der Waals surface area contributed by atoms with Crippen molar-refractivity contribution < 1.29 is 0 Å². The van der Waals surface area contributed by atoms with Crippen LogP contribution in [0.5, 0.6) is 0 Å². The van der Waals surface area contributed by atoms with Gasteiger partial charge in [-0.25, -0.2) is 4.98 Å². The average Bonchev–Trinajstić information content (AvgIpc) is 2.93. The highest BCUT2D eigenvalue weighted by Gasteiger charge is 2.20. The lowest BCUT2D eigenvalue weighted by molar-refractivity contribution is 0.654. The Morgan fingerprint density at radius 1 is 1.47 bits per heavy atom. The van der Waals surface area contributed by atoms with E-state index in [4.69, 9.17) is 4.98 Å². The maximum absolute atomic E-state index is 4.72. The smallest absolute Gasteiger partial charge is 0.121 e. The lowest BCUT2D eigenvalue weighted by Gasteiger charge is -2.09. The molecule has 3 nitrogen and oxygen atoms in total. The number of fused-ring (bicyclic) bond motifs is 3. The summed E-state index contributed by atoms with van der Waals surface area (Å²) in [6, 6.07) is 2.20. The van der Waals surface area contributed by atoms with Crippen molar-refractivity contribution in [2.75, 3.05) is 6.54 Å². The summed E-state index contributed by atoms with van der Waals surface area (Å²) in [5, 5.41) is 5.56. The van der Waals surface area contributed by atoms with Gasteiger partial charge in [-0.1, -0.05) is 6.92 Å². The number of imidazole rings is 1. The Balaban J connectivity index is 1.84. The molecule has 3 rings (SSSR count). The van der Waals surface area contributed by atoms with Crippen molar-refractivity contribution in [1.29, 1.82) is 0 Å². The molecule has 2 heterocycles. The molecular weight excluding hydrogens is 230 g/mol. The van der Waals surface area contributed by atoms with Crippen LogP contribution < -0.4 is 5.32 Å². The van der Waals surface area contributed by atoms with Crippen LogP contribution >= 0.6 is 11.3 Å². The third-order valence-electron chi connectivity index (χ3n) is 3.15. The zero-order chi connectivity index (χ0) is 11.7. The van der Waals surface area contributed by atoms with Gasteiger partial charge < -0.3 is 10.3 Å². The standard InChI is InChI=1S/C13H17N3S/c1-2-6-14-8-12-15-10-3-4-11-9(5-7-17-11)13(10)16-12/h5,7,14H,2-4,6,8H2,1H3,(H,15,16). The molecule has 0 saturated heterocycles. The first-order valence-electron chi connectivity index (χ1n) is 6.23. The van der Waals surface area contributed by atoms with Crippen molar-refractivity contribution in [3.05, 3.63) is 27.8 Å². The number of rotatable bonds is 4. The Bertz CT molecular complexity index is 512. The van der Waals surface area contributed by atoms with Crippen LogP contribution in [0.15, 0.2) is 11.4 Å². The third kappa shape index (κ3) is 2.03. The van der Waals surface area contributed by atoms with Crippen LogP contribution in [-0.4, -0.2) is 16.5 Å². The van der Waals surface area contributed by atoms with Gasteiger partial charge in [0.15, 0.2) is 0 Å². The minimum Gasteiger partial charge on any atom is -0.344 e. The number of nitrogens with one attached hydrogen (secondary N) is 2. The molecule has 2 aromatic rings. The number of aryl methyl sites for hydroxylation is 2. The molecule has 0 unspecified atom stereocenters. The first kappa shape index (κ1) is 11.0. The van der Waals surface area contributed by atoms with E-state index in [2.05, 4.69) is 28.7 Å². The highest BCUT2D eigenvalue weighted by molar-refractivity contribution is 7.10. The van der Waals surface area contributed by atoms with E-state index in [1.807, 2.05) is 11.3 Å². The van der Waals surface area contributed by atoms with Gasteiger partial charge in [-0.05, 0) is 37.3 Å². The highest BCUT2D eigenvalue weighted by atomic mass is 32.1. The van der Waals surface area contributed by atoms with E-state index >= 15 is 0 Å². The first-order valence-corrected chi connectivity index (χ1v) is 7.11. The topological polar surface area (TPSA) is 40.7 Å². The quantitative estimate of drug-likeness (QED) is 0.816. The minimum atomic E-state index is 0.848. The second kappa shape index (κ2) is 4.63. The van der Waals surface area contributed by atoms with Gasteiger partial charge in [0, 0.05) is 16.1 Å². The monoisotopic (exact) mass is 247 g/mol. The van der Waals surface area contributed by atoms with Crippen LogP contribution in [0.2, 0.25) is 0 Å². The molecule has 0 aromatic carbocycles. The molecule has 0 amide bonds. The number of aromatic amines is 1. The summed E-state index contributed by atoms with van der Waals surface area (Å²) in [6.07, 6.45) is 3.42. The number of nitrogens with zero attached hydrogens (tertiary/aromatic N) is 1. The number of H-pyrrole nitrogens is 1. The Hall–Kier alpha value is -1.13. The van der Waals surface area contributed by atoms with E-state index in [0.717, 1.165) is 38.2 Å². The zero-order valence-corrected chi connectivity index (χ0v) is 10.9. The van der Waals surface area contributed by atoms with Crippen molar-refractivity contribution in [2.24, 2.45) is 0 Å². The predicted molar refractivity (Wildman–Crippen MR) is 71.3 cm³/mol. The van der Waals surface area contributed by atoms with Crippen molar-refractivity contribution in [3.63, 3.8) is 0 Å². The summed E-state index contributed by atoms with van der Waals surface area (Å²) in [7, 11) is 0. The fourth-order valence-electron chi connectivity index (χ4n) is 2.32. The summed E-state index contributed by atoms with van der Waals surface area (Å²) < 4.78 is 0. The third-order valence-corrected chi connectivity index (χ3v) is 4.13. The molecule has 0 atom stereocenters. The second-order valence-electron chi connectivity index (χ2n) is 4.44. The Labute approximate surface area is 105 Å². The van der Waals surface area contributed by atoms with Crippen LogP contribution in [0, 0.1) is 0 Å². The Morgan fingerprint density at radius 3 is 3.29 bits per heavy atom. The van der Waals surface area contributed by atoms with Gasteiger partial charge in [-0.2, -0.15) is 0 Å². The second-order valence-corrected chi connectivity index (χ2v) is 5.45. The molecule has 2 N–H and O–H groups in total. The van der Waals surface area contributed by atoms with E-state index in [-0.39, 0.29) is 0 Å². The van der Waals surface area contributed by atoms with Crippen molar-refractivity contribution in [1.82, 2.24) is 15.3 Å². The molecule has 1 aliphatic carbocycles. The summed E-state index contributed by atoms with van der Waals surface area (Å²) in [6.45, 7) is 4.08. The molecule has 4 heteroatoms. The zero-order valence-electron chi connectivity index (χ0n) is 10.0. The summed E-state index contributed by atoms with van der Waals surface area (Å²) in [5.74, 6) is 1.07. The van der Waals surface area contributed by atoms with Gasteiger partial charge >= 0.3 is 0 Å². The molecule has 17 heavy (non-hydrogen) atoms. The molecule has 2 aromatic heterocycles. The predicted octanol–water partition coefficient (Wildman–Crippen LogP) is 2.74. The molecule has 1 aliphatic rings. The Kier molecular flexibility index (Phi) is 2.99. The van der Waals surface area contributed by atoms with Gasteiger partial charge in [-0.15, -0.1) is 11.3 Å². The normalized spacial score (nSPS) is 13.5. The van der Waals surface area contributed by atoms with E-state index in [1.165, 1.54) is 21.8 Å². The SMILES string of the molecule is CCCNCc1nc2c([nH]1)CCc1sccc1-2. The fraction of sp³-hybridized carbons (Fsp3) is 0.462. The van der Waals surface area contributed by atoms with Gasteiger partial charge in [-0.3, -0.25) is 0 Å². The lowest BCUT2D eigenvalue weighted by atomic mass is 10.0. The van der Waals surface area contributed by atoms with Gasteiger partial charge in [0.25, 0.3) is 0 Å². The molecule has 90 valence electrons. The summed E-state index contributed by atoms with van der Waals surface area (Å²) in [5.41, 5.74) is 3.83. The molecule has 0 radical (unpaired) electrons. The van der Waals surface area contributed by atoms with Crippen molar-refractivity contribution >= 4 is 11.3 Å². The van der Waals surface area contributed by atoms with Gasteiger partial charge in [0.05, 0.1) is 12.2 Å². The van der Waals surface area contributed by atoms with Crippen molar-refractivity contribution in [3.8, 4) is 11.3 Å². The highest BCUT2D eigenvalue weighted by Crippen LogP contribution is 2.34. The number of hydrogen-bond acceptors (Lipinski definition) is 3. The molecule has 0 fully saturated rings.